The first-order valence-electron chi connectivity index (χ1n) is 10.6. The summed E-state index contributed by atoms with van der Waals surface area (Å²) in [4.78, 5) is 29.2. The molecule has 1 aromatic carbocycles. The lowest BCUT2D eigenvalue weighted by Gasteiger charge is -2.27. The van der Waals surface area contributed by atoms with E-state index in [1.165, 1.54) is 33.7 Å². The largest absolute Gasteiger partial charge is 0.408 e. The van der Waals surface area contributed by atoms with Gasteiger partial charge in [-0.25, -0.2) is 9.07 Å². The van der Waals surface area contributed by atoms with Crippen molar-refractivity contribution >= 4 is 34.6 Å². The van der Waals surface area contributed by atoms with Crippen molar-refractivity contribution in [1.29, 1.82) is 0 Å². The number of nitrogens with zero attached hydrogens (tertiary/aromatic N) is 5. The zero-order valence-electron chi connectivity index (χ0n) is 18.2. The molecule has 0 saturated carbocycles. The van der Waals surface area contributed by atoms with Crippen molar-refractivity contribution in [2.45, 2.75) is 32.1 Å². The maximum atomic E-state index is 14.7. The molecule has 188 valence electrons. The molecule has 8 nitrogen and oxygen atoms in total. The van der Waals surface area contributed by atoms with Crippen molar-refractivity contribution in [2.75, 3.05) is 6.54 Å². The van der Waals surface area contributed by atoms with Crippen LogP contribution in [0.15, 0.2) is 35.3 Å². The van der Waals surface area contributed by atoms with Crippen LogP contribution in [0.2, 0.25) is 10.2 Å². The van der Waals surface area contributed by atoms with E-state index in [0.29, 0.717) is 17.0 Å². The maximum absolute atomic E-state index is 14.7. The highest BCUT2D eigenvalue weighted by molar-refractivity contribution is 6.42. The first kappa shape index (κ1) is 24.3. The molecule has 14 heteroatoms. The molecule has 0 radical (unpaired) electrons. The number of rotatable bonds is 4. The maximum Gasteiger partial charge on any atom is 0.408 e. The molecule has 0 saturated heterocycles. The number of nitrogens with one attached hydrogen (secondary N) is 1. The van der Waals surface area contributed by atoms with Crippen LogP contribution in [-0.2, 0) is 25.9 Å². The van der Waals surface area contributed by atoms with Crippen LogP contribution in [0.4, 0.5) is 17.6 Å². The van der Waals surface area contributed by atoms with Crippen molar-refractivity contribution in [3.05, 3.63) is 85.0 Å². The second-order valence-electron chi connectivity index (χ2n) is 8.34. The Labute approximate surface area is 210 Å². The predicted octanol–water partition coefficient (Wildman–Crippen LogP) is 4.02. The number of benzene rings is 1. The summed E-state index contributed by atoms with van der Waals surface area (Å²) in [5, 5.41) is 7.68. The Kier molecular flexibility index (Phi) is 6.03. The van der Waals surface area contributed by atoms with E-state index in [0.717, 1.165) is 10.7 Å². The smallest absolute Gasteiger partial charge is 0.332 e. The molecular formula is C22H16Cl2F4N6O2. The van der Waals surface area contributed by atoms with Gasteiger partial charge in [0.25, 0.3) is 11.5 Å². The molecule has 0 aliphatic carbocycles. The van der Waals surface area contributed by atoms with Gasteiger partial charge in [-0.05, 0) is 23.8 Å². The fraction of sp³-hybridized carbons (Fsp3) is 0.273. The van der Waals surface area contributed by atoms with Gasteiger partial charge in [-0.15, -0.1) is 5.10 Å². The van der Waals surface area contributed by atoms with E-state index in [9.17, 15) is 27.2 Å². The summed E-state index contributed by atoms with van der Waals surface area (Å²) in [6, 6.07) is 5.48. The third kappa shape index (κ3) is 4.46. The molecule has 0 unspecified atom stereocenters. The van der Waals surface area contributed by atoms with E-state index < -0.39 is 24.4 Å². The third-order valence-corrected chi connectivity index (χ3v) is 6.68. The zero-order chi connectivity index (χ0) is 25.8. The van der Waals surface area contributed by atoms with E-state index in [1.54, 1.807) is 0 Å². The van der Waals surface area contributed by atoms with Gasteiger partial charge in [0.1, 0.15) is 28.7 Å². The minimum absolute atomic E-state index is 0.0821. The number of alkyl halides is 3. The summed E-state index contributed by atoms with van der Waals surface area (Å²) >= 11 is 12.3. The Morgan fingerprint density at radius 3 is 2.72 bits per heavy atom. The highest BCUT2D eigenvalue weighted by Gasteiger charge is 2.33. The molecule has 1 N–H and O–H groups in total. The van der Waals surface area contributed by atoms with E-state index >= 15 is 0 Å². The number of halogens is 6. The average Bonchev–Trinajstić information content (AvgIpc) is 3.36. The van der Waals surface area contributed by atoms with Gasteiger partial charge in [0.15, 0.2) is 0 Å². The second kappa shape index (κ2) is 8.93. The quantitative estimate of drug-likeness (QED) is 0.394. The van der Waals surface area contributed by atoms with Crippen molar-refractivity contribution < 1.29 is 22.4 Å². The minimum atomic E-state index is -4.45. The van der Waals surface area contributed by atoms with Crippen LogP contribution in [0, 0.1) is 5.82 Å². The molecule has 5 rings (SSSR count). The van der Waals surface area contributed by atoms with Gasteiger partial charge in [-0.3, -0.25) is 14.0 Å². The number of fused-ring (bicyclic) bond motifs is 2. The van der Waals surface area contributed by atoms with E-state index in [4.69, 9.17) is 23.2 Å². The minimum Gasteiger partial charge on any atom is -0.332 e. The monoisotopic (exact) mass is 542 g/mol. The van der Waals surface area contributed by atoms with Gasteiger partial charge in [0.05, 0.1) is 22.8 Å². The number of aromatic nitrogens is 5. The van der Waals surface area contributed by atoms with Gasteiger partial charge in [0, 0.05) is 31.3 Å². The molecule has 3 aromatic heterocycles. The lowest BCUT2D eigenvalue weighted by Crippen LogP contribution is -2.37. The third-order valence-electron chi connectivity index (χ3n) is 5.93. The number of H-pyrrole nitrogens is 1. The van der Waals surface area contributed by atoms with E-state index in [2.05, 4.69) is 15.3 Å². The number of carbonyl (C=O) groups excluding carboxylic acids is 1. The summed E-state index contributed by atoms with van der Waals surface area (Å²) in [6.07, 6.45) is -2.70. The summed E-state index contributed by atoms with van der Waals surface area (Å²) in [7, 11) is 0. The second-order valence-corrected chi connectivity index (χ2v) is 9.10. The number of carbonyl (C=O) groups is 1. The van der Waals surface area contributed by atoms with Crippen molar-refractivity contribution in [3.8, 4) is 0 Å². The van der Waals surface area contributed by atoms with Crippen molar-refractivity contribution in [1.82, 2.24) is 29.3 Å². The lowest BCUT2D eigenvalue weighted by molar-refractivity contribution is -0.143. The van der Waals surface area contributed by atoms with Gasteiger partial charge < -0.3 is 9.88 Å². The van der Waals surface area contributed by atoms with Crippen LogP contribution in [0.3, 0.4) is 0 Å². The number of hydrogen-bond donors (Lipinski definition) is 1. The van der Waals surface area contributed by atoms with Gasteiger partial charge in [-0.2, -0.15) is 13.2 Å². The Bertz CT molecular complexity index is 1560. The van der Waals surface area contributed by atoms with Crippen LogP contribution in [-0.4, -0.2) is 47.9 Å². The molecule has 0 bridgehead atoms. The predicted molar refractivity (Wildman–Crippen MR) is 122 cm³/mol. The standard InChI is InChI=1S/C22H16Cl2F4N6O2/c23-14-7-18-20(35)29-8-12(34(18)19(14)24)5-11-1-2-15(25)13(6-11)21(36)32-4-3-17-16(9-32)30-31-33(17)10-22(26,27)28/h1-2,6-8H,3-5,9-10H2,(H,29,35). The highest BCUT2D eigenvalue weighted by Crippen LogP contribution is 2.28. The van der Waals surface area contributed by atoms with Crippen LogP contribution in [0.25, 0.3) is 5.52 Å². The Morgan fingerprint density at radius 2 is 1.97 bits per heavy atom. The van der Waals surface area contributed by atoms with Crippen LogP contribution < -0.4 is 5.56 Å². The zero-order valence-corrected chi connectivity index (χ0v) is 19.8. The summed E-state index contributed by atoms with van der Waals surface area (Å²) in [5.74, 6) is -1.37. The van der Waals surface area contributed by atoms with Crippen LogP contribution in [0.5, 0.6) is 0 Å². The Hall–Kier alpha value is -3.38. The lowest BCUT2D eigenvalue weighted by atomic mass is 10.0. The number of aromatic amines is 1. The van der Waals surface area contributed by atoms with Crippen molar-refractivity contribution in [3.63, 3.8) is 0 Å². The summed E-state index contributed by atoms with van der Waals surface area (Å²) in [6.45, 7) is -1.28. The molecule has 4 heterocycles. The topological polar surface area (TPSA) is 88.3 Å². The fourth-order valence-electron chi connectivity index (χ4n) is 4.28. The van der Waals surface area contributed by atoms with E-state index in [1.807, 2.05) is 0 Å². The molecule has 0 fully saturated rings. The van der Waals surface area contributed by atoms with Crippen molar-refractivity contribution in [2.24, 2.45) is 0 Å². The number of amides is 1. The molecule has 1 aliphatic heterocycles. The first-order chi connectivity index (χ1) is 17.0. The van der Waals surface area contributed by atoms with Crippen LogP contribution in [0.1, 0.15) is 33.0 Å². The van der Waals surface area contributed by atoms with Gasteiger partial charge in [0.2, 0.25) is 0 Å². The Morgan fingerprint density at radius 1 is 1.19 bits per heavy atom. The first-order valence-corrected chi connectivity index (χ1v) is 11.4. The molecule has 1 aliphatic rings. The average molecular weight is 543 g/mol. The van der Waals surface area contributed by atoms with Gasteiger partial charge in [-0.1, -0.05) is 34.5 Å². The number of hydrogen-bond acceptors (Lipinski definition) is 4. The molecule has 36 heavy (non-hydrogen) atoms. The van der Waals surface area contributed by atoms with Gasteiger partial charge >= 0.3 is 6.18 Å². The fourth-order valence-corrected chi connectivity index (χ4v) is 4.73. The SMILES string of the molecule is O=C(c1cc(Cc2c[nH]c(=O)c3cc(Cl)c(Cl)n23)ccc1F)N1CCc2c(nnn2CC(F)(F)F)C1. The molecular weight excluding hydrogens is 527 g/mol. The summed E-state index contributed by atoms with van der Waals surface area (Å²) in [5.41, 5.74) is 1.30. The van der Waals surface area contributed by atoms with Crippen LogP contribution >= 0.6 is 23.2 Å². The molecule has 4 aromatic rings. The molecule has 0 atom stereocenters. The summed E-state index contributed by atoms with van der Waals surface area (Å²) < 4.78 is 55.2. The normalized spacial score (nSPS) is 13.9. The Balaban J connectivity index is 1.40. The van der Waals surface area contributed by atoms with E-state index in [-0.39, 0.29) is 58.4 Å². The molecule has 1 amide bonds. The highest BCUT2D eigenvalue weighted by atomic mass is 35.5. The molecule has 0 spiro atoms.